The van der Waals surface area contributed by atoms with Crippen molar-refractivity contribution in [2.24, 2.45) is 0 Å². The third-order valence-corrected chi connectivity index (χ3v) is 3.71. The van der Waals surface area contributed by atoms with Crippen LogP contribution >= 0.6 is 0 Å². The van der Waals surface area contributed by atoms with E-state index < -0.39 is 0 Å². The first-order chi connectivity index (χ1) is 7.95. The molecule has 2 heteroatoms. The van der Waals surface area contributed by atoms with Gasteiger partial charge in [0.2, 0.25) is 0 Å². The van der Waals surface area contributed by atoms with Crippen molar-refractivity contribution in [3.63, 3.8) is 0 Å². The van der Waals surface area contributed by atoms with Crippen molar-refractivity contribution in [2.75, 3.05) is 5.73 Å². The average molecular weight is 228 g/mol. The largest absolute Gasteiger partial charge is 0.383 e. The number of fused-ring (bicyclic) bond motifs is 1. The molecular formula is C15H20N2. The van der Waals surface area contributed by atoms with Crippen LogP contribution in [0.5, 0.6) is 0 Å². The fraction of sp³-hybridized carbons (Fsp3) is 0.400. The Morgan fingerprint density at radius 2 is 1.71 bits per heavy atom. The highest BCUT2D eigenvalue weighted by molar-refractivity contribution is 5.97. The van der Waals surface area contributed by atoms with E-state index in [9.17, 15) is 0 Å². The highest BCUT2D eigenvalue weighted by Gasteiger charge is 2.15. The molecule has 0 aliphatic rings. The van der Waals surface area contributed by atoms with Crippen LogP contribution in [0.25, 0.3) is 10.8 Å². The smallest absolute Gasteiger partial charge is 0.131 e. The molecule has 0 saturated carbocycles. The third-order valence-electron chi connectivity index (χ3n) is 3.71. The molecule has 2 nitrogen and oxygen atoms in total. The van der Waals surface area contributed by atoms with Gasteiger partial charge in [-0.25, -0.2) is 4.98 Å². The second kappa shape index (κ2) is 4.02. The lowest BCUT2D eigenvalue weighted by molar-refractivity contribution is 0.847. The van der Waals surface area contributed by atoms with Gasteiger partial charge in [0.05, 0.1) is 0 Å². The summed E-state index contributed by atoms with van der Waals surface area (Å²) < 4.78 is 0. The monoisotopic (exact) mass is 228 g/mol. The van der Waals surface area contributed by atoms with Gasteiger partial charge in [0.1, 0.15) is 5.82 Å². The van der Waals surface area contributed by atoms with Crippen LogP contribution in [-0.4, -0.2) is 4.98 Å². The van der Waals surface area contributed by atoms with Crippen LogP contribution in [-0.2, 0) is 0 Å². The minimum Gasteiger partial charge on any atom is -0.383 e. The number of nitrogens with two attached hydrogens (primary N) is 1. The van der Waals surface area contributed by atoms with Gasteiger partial charge in [0.15, 0.2) is 0 Å². The van der Waals surface area contributed by atoms with Crippen molar-refractivity contribution < 1.29 is 0 Å². The van der Waals surface area contributed by atoms with Crippen molar-refractivity contribution >= 4 is 16.6 Å². The summed E-state index contributed by atoms with van der Waals surface area (Å²) in [4.78, 5) is 4.20. The number of benzene rings is 1. The molecule has 17 heavy (non-hydrogen) atoms. The summed E-state index contributed by atoms with van der Waals surface area (Å²) in [5.41, 5.74) is 11.4. The van der Waals surface area contributed by atoms with Gasteiger partial charge in [-0.05, 0) is 60.4 Å². The number of nitrogens with zero attached hydrogens (tertiary/aromatic N) is 1. The molecule has 0 aliphatic heterocycles. The third kappa shape index (κ3) is 1.68. The van der Waals surface area contributed by atoms with Crippen LogP contribution in [0.4, 0.5) is 5.82 Å². The molecule has 1 heterocycles. The van der Waals surface area contributed by atoms with E-state index in [-0.39, 0.29) is 0 Å². The second-order valence-corrected chi connectivity index (χ2v) is 5.06. The number of hydrogen-bond donors (Lipinski definition) is 1. The first kappa shape index (κ1) is 11.9. The maximum atomic E-state index is 6.01. The summed E-state index contributed by atoms with van der Waals surface area (Å²) in [5.74, 6) is 1.17. The lowest BCUT2D eigenvalue weighted by Gasteiger charge is -2.19. The molecule has 1 aromatic heterocycles. The Hall–Kier alpha value is -1.57. The Balaban J connectivity index is 3.00. The Kier molecular flexibility index (Phi) is 2.82. The van der Waals surface area contributed by atoms with Crippen LogP contribution in [0.2, 0.25) is 0 Å². The number of anilines is 1. The predicted molar refractivity (Wildman–Crippen MR) is 74.5 cm³/mol. The van der Waals surface area contributed by atoms with Gasteiger partial charge in [-0.1, -0.05) is 13.8 Å². The van der Waals surface area contributed by atoms with E-state index in [4.69, 9.17) is 5.73 Å². The lowest BCUT2D eigenvalue weighted by atomic mass is 9.86. The molecule has 2 aromatic rings. The van der Waals surface area contributed by atoms with Gasteiger partial charge in [-0.15, -0.1) is 0 Å². The molecule has 0 radical (unpaired) electrons. The van der Waals surface area contributed by atoms with Gasteiger partial charge in [-0.2, -0.15) is 0 Å². The summed E-state index contributed by atoms with van der Waals surface area (Å²) in [6, 6.07) is 2.07. The predicted octanol–water partition coefficient (Wildman–Crippen LogP) is 3.87. The normalized spacial score (nSPS) is 11.4. The van der Waals surface area contributed by atoms with E-state index in [1.807, 2.05) is 0 Å². The van der Waals surface area contributed by atoms with Crippen LogP contribution in [0.1, 0.15) is 42.0 Å². The van der Waals surface area contributed by atoms with Gasteiger partial charge in [0, 0.05) is 11.6 Å². The number of aromatic nitrogens is 1. The first-order valence-electron chi connectivity index (χ1n) is 6.09. The Morgan fingerprint density at radius 1 is 1.06 bits per heavy atom. The minimum absolute atomic E-state index is 0.535. The minimum atomic E-state index is 0.535. The standard InChI is InChI=1S/C15H20N2/c1-8(2)13-9(3)10(4)14-12(11(13)5)6-7-17-15(14)16/h6-8H,1-5H3,(H2,16,17). The topological polar surface area (TPSA) is 38.9 Å². The van der Waals surface area contributed by atoms with E-state index >= 15 is 0 Å². The Labute approximate surface area is 103 Å². The van der Waals surface area contributed by atoms with Crippen LogP contribution in [0, 0.1) is 20.8 Å². The zero-order valence-electron chi connectivity index (χ0n) is 11.3. The van der Waals surface area contributed by atoms with E-state index in [2.05, 4.69) is 45.7 Å². The van der Waals surface area contributed by atoms with Crippen LogP contribution in [0.15, 0.2) is 12.3 Å². The van der Waals surface area contributed by atoms with Crippen molar-refractivity contribution in [3.05, 3.63) is 34.5 Å². The van der Waals surface area contributed by atoms with Crippen molar-refractivity contribution in [1.82, 2.24) is 4.98 Å². The van der Waals surface area contributed by atoms with Gasteiger partial charge in [-0.3, -0.25) is 0 Å². The molecule has 0 unspecified atom stereocenters. The maximum absolute atomic E-state index is 6.01. The molecule has 0 spiro atoms. The SMILES string of the molecule is Cc1c(C(C)C)c(C)c2ccnc(N)c2c1C. The molecule has 0 amide bonds. The molecule has 0 aliphatic carbocycles. The summed E-state index contributed by atoms with van der Waals surface area (Å²) in [5, 5.41) is 2.36. The first-order valence-corrected chi connectivity index (χ1v) is 6.09. The number of nitrogen functional groups attached to an aromatic ring is 1. The summed E-state index contributed by atoms with van der Waals surface area (Å²) in [6.45, 7) is 11.0. The maximum Gasteiger partial charge on any atom is 0.131 e. The van der Waals surface area contributed by atoms with Gasteiger partial charge >= 0.3 is 0 Å². The van der Waals surface area contributed by atoms with E-state index in [1.165, 1.54) is 27.6 Å². The molecule has 0 atom stereocenters. The summed E-state index contributed by atoms with van der Waals surface area (Å²) in [7, 11) is 0. The fourth-order valence-corrected chi connectivity index (χ4v) is 2.87. The zero-order chi connectivity index (χ0) is 12.7. The van der Waals surface area contributed by atoms with E-state index in [0.29, 0.717) is 11.7 Å². The van der Waals surface area contributed by atoms with Gasteiger partial charge in [0.25, 0.3) is 0 Å². The van der Waals surface area contributed by atoms with Crippen molar-refractivity contribution in [3.8, 4) is 0 Å². The molecular weight excluding hydrogens is 208 g/mol. The quantitative estimate of drug-likeness (QED) is 0.804. The number of aryl methyl sites for hydroxylation is 2. The zero-order valence-corrected chi connectivity index (χ0v) is 11.3. The molecule has 0 saturated heterocycles. The average Bonchev–Trinajstić information content (AvgIpc) is 2.25. The molecule has 0 fully saturated rings. The Morgan fingerprint density at radius 3 is 2.29 bits per heavy atom. The lowest BCUT2D eigenvalue weighted by Crippen LogP contribution is -2.03. The van der Waals surface area contributed by atoms with Crippen molar-refractivity contribution in [1.29, 1.82) is 0 Å². The van der Waals surface area contributed by atoms with Crippen LogP contribution in [0.3, 0.4) is 0 Å². The van der Waals surface area contributed by atoms with Gasteiger partial charge < -0.3 is 5.73 Å². The van der Waals surface area contributed by atoms with Crippen molar-refractivity contribution in [2.45, 2.75) is 40.5 Å². The fourth-order valence-electron chi connectivity index (χ4n) is 2.87. The molecule has 0 bridgehead atoms. The molecule has 1 aromatic carbocycles. The summed E-state index contributed by atoms with van der Waals surface area (Å²) >= 11 is 0. The summed E-state index contributed by atoms with van der Waals surface area (Å²) in [6.07, 6.45) is 1.80. The number of pyridine rings is 1. The second-order valence-electron chi connectivity index (χ2n) is 5.06. The van der Waals surface area contributed by atoms with Crippen LogP contribution < -0.4 is 5.73 Å². The van der Waals surface area contributed by atoms with E-state index in [0.717, 1.165) is 5.39 Å². The number of rotatable bonds is 1. The number of hydrogen-bond acceptors (Lipinski definition) is 2. The molecule has 2 rings (SSSR count). The molecule has 90 valence electrons. The highest BCUT2D eigenvalue weighted by atomic mass is 14.8. The van der Waals surface area contributed by atoms with E-state index in [1.54, 1.807) is 6.20 Å². The molecule has 2 N–H and O–H groups in total. The highest BCUT2D eigenvalue weighted by Crippen LogP contribution is 2.35. The Bertz CT molecular complexity index is 583.